The van der Waals surface area contributed by atoms with Gasteiger partial charge < -0.3 is 9.64 Å². The van der Waals surface area contributed by atoms with E-state index in [1.54, 1.807) is 16.5 Å². The number of methoxy groups -OCH3 is 1. The molecule has 0 bridgehead atoms. The summed E-state index contributed by atoms with van der Waals surface area (Å²) in [7, 11) is 1.60. The number of carbonyl (C=O) groups is 1. The van der Waals surface area contributed by atoms with Crippen molar-refractivity contribution in [2.24, 2.45) is 5.92 Å². The van der Waals surface area contributed by atoms with Gasteiger partial charge in [-0.3, -0.25) is 4.79 Å². The first-order valence-corrected chi connectivity index (χ1v) is 8.59. The zero-order valence-electron chi connectivity index (χ0n) is 13.9. The third-order valence-corrected chi connectivity index (χ3v) is 5.04. The number of halogens is 2. The van der Waals surface area contributed by atoms with Gasteiger partial charge in [0, 0.05) is 26.0 Å². The van der Waals surface area contributed by atoms with E-state index >= 15 is 0 Å². The van der Waals surface area contributed by atoms with Gasteiger partial charge in [0.1, 0.15) is 5.01 Å². The highest BCUT2D eigenvalue weighted by molar-refractivity contribution is 7.16. The molecule has 1 fully saturated rings. The predicted molar refractivity (Wildman–Crippen MR) is 85.1 cm³/mol. The quantitative estimate of drug-likeness (QED) is 0.797. The summed E-state index contributed by atoms with van der Waals surface area (Å²) in [4.78, 5) is 19.2. The first-order chi connectivity index (χ1) is 11.3. The van der Waals surface area contributed by atoms with Gasteiger partial charge in [-0.1, -0.05) is 11.3 Å². The molecule has 24 heavy (non-hydrogen) atoms. The number of alkyl halides is 2. The van der Waals surface area contributed by atoms with Crippen molar-refractivity contribution >= 4 is 22.2 Å². The summed E-state index contributed by atoms with van der Waals surface area (Å²) >= 11 is 1.44. The van der Waals surface area contributed by atoms with Crippen LogP contribution < -0.4 is 0 Å². The Balaban J connectivity index is 1.77. The number of rotatable bonds is 6. The molecule has 0 spiro atoms. The molecule has 2 aromatic heterocycles. The van der Waals surface area contributed by atoms with Crippen LogP contribution >= 0.6 is 11.3 Å². The molecular weight excluding hydrogens is 338 g/mol. The van der Waals surface area contributed by atoms with Gasteiger partial charge in [0.2, 0.25) is 16.8 Å². The lowest BCUT2D eigenvalue weighted by Gasteiger charge is -2.18. The number of fused-ring (bicyclic) bond motifs is 1. The number of nitrogens with zero attached hydrogens (tertiary/aromatic N) is 4. The van der Waals surface area contributed by atoms with Crippen molar-refractivity contribution in [1.82, 2.24) is 19.5 Å². The fraction of sp³-hybridized carbons (Fsp3) is 0.667. The Hall–Kier alpha value is -1.61. The molecule has 3 heterocycles. The molecule has 2 aromatic rings. The minimum Gasteiger partial charge on any atom is -0.377 e. The Kier molecular flexibility index (Phi) is 4.56. The maximum absolute atomic E-state index is 13.2. The van der Waals surface area contributed by atoms with E-state index < -0.39 is 18.3 Å². The molecule has 9 heteroatoms. The molecule has 6 nitrogen and oxygen atoms in total. The third-order valence-electron chi connectivity index (χ3n) is 4.16. The number of aryl methyl sites for hydroxylation is 1. The average molecular weight is 358 g/mol. The lowest BCUT2D eigenvalue weighted by molar-refractivity contribution is -0.134. The van der Waals surface area contributed by atoms with Gasteiger partial charge in [-0.25, -0.2) is 18.3 Å². The topological polar surface area (TPSA) is 59.7 Å². The summed E-state index contributed by atoms with van der Waals surface area (Å²) < 4.78 is 33.2. The highest BCUT2D eigenvalue weighted by Crippen LogP contribution is 2.31. The summed E-state index contributed by atoms with van der Waals surface area (Å²) in [6.07, 6.45) is 0.0765. The Labute approximate surface area is 142 Å². The molecule has 132 valence electrons. The van der Waals surface area contributed by atoms with Gasteiger partial charge in [-0.15, -0.1) is 0 Å². The number of amides is 1. The molecular formula is C15H20F2N4O2S. The Morgan fingerprint density at radius 3 is 2.88 bits per heavy atom. The molecule has 1 unspecified atom stereocenters. The molecule has 1 atom stereocenters. The van der Waals surface area contributed by atoms with Gasteiger partial charge in [-0.05, 0) is 20.3 Å². The van der Waals surface area contributed by atoms with E-state index in [4.69, 9.17) is 4.74 Å². The van der Waals surface area contributed by atoms with Crippen LogP contribution in [0.3, 0.4) is 0 Å². The number of aromatic nitrogens is 3. The maximum Gasteiger partial charge on any atom is 0.246 e. The van der Waals surface area contributed by atoms with E-state index in [1.807, 2.05) is 6.92 Å². The zero-order chi connectivity index (χ0) is 17.5. The second-order valence-electron chi connectivity index (χ2n) is 6.29. The van der Waals surface area contributed by atoms with Crippen molar-refractivity contribution in [2.45, 2.75) is 45.8 Å². The smallest absolute Gasteiger partial charge is 0.246 e. The summed E-state index contributed by atoms with van der Waals surface area (Å²) in [6.45, 7) is 3.96. The minimum atomic E-state index is -2.82. The van der Waals surface area contributed by atoms with Crippen molar-refractivity contribution < 1.29 is 18.3 Å². The normalized spacial score (nSPS) is 19.0. The van der Waals surface area contributed by atoms with Crippen LogP contribution in [-0.4, -0.2) is 45.0 Å². The number of carbonyl (C=O) groups excluding carboxylic acids is 1. The van der Waals surface area contributed by atoms with Crippen LogP contribution in [0.5, 0.6) is 0 Å². The van der Waals surface area contributed by atoms with Gasteiger partial charge >= 0.3 is 0 Å². The number of hydrogen-bond acceptors (Lipinski definition) is 5. The molecule has 0 aliphatic carbocycles. The van der Waals surface area contributed by atoms with Gasteiger partial charge in [0.25, 0.3) is 0 Å². The highest BCUT2D eigenvalue weighted by atomic mass is 32.1. The summed E-state index contributed by atoms with van der Waals surface area (Å²) in [5.41, 5.74) is 1.62. The van der Waals surface area contributed by atoms with Crippen molar-refractivity contribution in [1.29, 1.82) is 0 Å². The van der Waals surface area contributed by atoms with Crippen LogP contribution in [-0.2, 0) is 22.7 Å². The number of imidazole rings is 1. The number of likely N-dealkylation sites (tertiary alicyclic amines) is 1. The van der Waals surface area contributed by atoms with Gasteiger partial charge in [0.15, 0.2) is 0 Å². The molecule has 1 saturated heterocycles. The van der Waals surface area contributed by atoms with E-state index in [0.29, 0.717) is 26.1 Å². The first kappa shape index (κ1) is 17.2. The standard InChI is InChI=1S/C15H20F2N4O2S/c1-9-11(21-14(18-9)24-12(19-21)8-23-3)7-20-5-4-10(13(20)22)6-15(2,16)17/h10H,4-8H2,1-3H3. The van der Waals surface area contributed by atoms with Crippen LogP contribution in [0.1, 0.15) is 36.2 Å². The van der Waals surface area contributed by atoms with Gasteiger partial charge in [0.05, 0.1) is 24.5 Å². The largest absolute Gasteiger partial charge is 0.377 e. The van der Waals surface area contributed by atoms with E-state index in [9.17, 15) is 13.6 Å². The summed E-state index contributed by atoms with van der Waals surface area (Å²) in [6, 6.07) is 0. The van der Waals surface area contributed by atoms with E-state index in [1.165, 1.54) is 11.3 Å². The van der Waals surface area contributed by atoms with Crippen molar-refractivity contribution in [3.8, 4) is 0 Å². The average Bonchev–Trinajstić information content (AvgIpc) is 3.08. The molecule has 3 rings (SSSR count). The van der Waals surface area contributed by atoms with Gasteiger partial charge in [-0.2, -0.15) is 5.10 Å². The lowest BCUT2D eigenvalue weighted by Crippen LogP contribution is -2.29. The Bertz CT molecular complexity index is 753. The molecule has 0 N–H and O–H groups in total. The summed E-state index contributed by atoms with van der Waals surface area (Å²) in [5, 5.41) is 5.26. The van der Waals surface area contributed by atoms with E-state index in [-0.39, 0.29) is 5.91 Å². The fourth-order valence-electron chi connectivity index (χ4n) is 3.06. The van der Waals surface area contributed by atoms with Crippen molar-refractivity contribution in [3.05, 3.63) is 16.4 Å². The SMILES string of the molecule is COCc1nn2c(CN3CCC(CC(C)(F)F)C3=O)c(C)nc2s1. The van der Waals surface area contributed by atoms with Crippen molar-refractivity contribution in [2.75, 3.05) is 13.7 Å². The van der Waals surface area contributed by atoms with E-state index in [2.05, 4.69) is 10.1 Å². The molecule has 1 aliphatic rings. The molecule has 1 aliphatic heterocycles. The second-order valence-corrected chi connectivity index (χ2v) is 7.33. The predicted octanol–water partition coefficient (Wildman–Crippen LogP) is 2.64. The fourth-order valence-corrected chi connectivity index (χ4v) is 3.99. The zero-order valence-corrected chi connectivity index (χ0v) is 14.7. The summed E-state index contributed by atoms with van der Waals surface area (Å²) in [5.74, 6) is -3.63. The molecule has 0 radical (unpaired) electrons. The monoisotopic (exact) mass is 358 g/mol. The second kappa shape index (κ2) is 6.36. The van der Waals surface area contributed by atoms with Crippen LogP contribution in [0.25, 0.3) is 4.96 Å². The minimum absolute atomic E-state index is 0.210. The maximum atomic E-state index is 13.2. The highest BCUT2D eigenvalue weighted by Gasteiger charge is 2.38. The molecule has 1 amide bonds. The van der Waals surface area contributed by atoms with Crippen molar-refractivity contribution in [3.63, 3.8) is 0 Å². The van der Waals surface area contributed by atoms with Crippen LogP contribution in [0.15, 0.2) is 0 Å². The Morgan fingerprint density at radius 2 is 2.21 bits per heavy atom. The molecule has 0 saturated carbocycles. The van der Waals surface area contributed by atoms with Crippen LogP contribution in [0.2, 0.25) is 0 Å². The molecule has 0 aromatic carbocycles. The number of ether oxygens (including phenoxy) is 1. The van der Waals surface area contributed by atoms with E-state index in [0.717, 1.165) is 28.3 Å². The van der Waals surface area contributed by atoms with Crippen LogP contribution in [0.4, 0.5) is 8.78 Å². The first-order valence-electron chi connectivity index (χ1n) is 7.78. The van der Waals surface area contributed by atoms with Crippen LogP contribution in [0, 0.1) is 12.8 Å². The Morgan fingerprint density at radius 1 is 1.46 bits per heavy atom. The third kappa shape index (κ3) is 3.41. The number of hydrogen-bond donors (Lipinski definition) is 0. The lowest BCUT2D eigenvalue weighted by atomic mass is 10.0.